The zero-order chi connectivity index (χ0) is 39.3. The molecule has 0 aliphatic rings. The molecule has 10 aromatic rings. The molecule has 0 N–H and O–H groups in total. The van der Waals surface area contributed by atoms with Crippen LogP contribution in [-0.2, 0) is 0 Å². The predicted molar refractivity (Wildman–Crippen MR) is 207 cm³/mol. The number of benzene rings is 9. The Bertz CT molecular complexity index is 3260. The first-order valence-corrected chi connectivity index (χ1v) is 16.2. The molecule has 0 atom stereocenters. The van der Waals surface area contributed by atoms with Crippen molar-refractivity contribution in [1.82, 2.24) is 9.55 Å². The second-order valence-corrected chi connectivity index (χ2v) is 12.1. The maximum Gasteiger partial charge on any atom is 0.146 e. The van der Waals surface area contributed by atoms with Gasteiger partial charge >= 0.3 is 0 Å². The Morgan fingerprint density at radius 1 is 0.429 bits per heavy atom. The number of para-hydroxylation sites is 3. The van der Waals surface area contributed by atoms with E-state index in [4.69, 9.17) is 10.5 Å². The normalized spacial score (nSPS) is 14.0. The van der Waals surface area contributed by atoms with E-state index in [0.29, 0.717) is 28.1 Å². The van der Waals surface area contributed by atoms with E-state index < -0.39 is 24.2 Å². The molecule has 0 amide bonds. The summed E-state index contributed by atoms with van der Waals surface area (Å²) in [6.07, 6.45) is 0. The van der Waals surface area contributed by atoms with Crippen LogP contribution < -0.4 is 0 Å². The van der Waals surface area contributed by atoms with Crippen LogP contribution >= 0.6 is 0 Å². The highest BCUT2D eigenvalue weighted by Gasteiger charge is 2.23. The summed E-state index contributed by atoms with van der Waals surface area (Å²) < 4.78 is 76.3. The lowest BCUT2D eigenvalue weighted by Crippen LogP contribution is -1.99. The predicted octanol–water partition coefficient (Wildman–Crippen LogP) is 12.6. The molecule has 0 saturated heterocycles. The third-order valence-electron chi connectivity index (χ3n) is 9.42. The summed E-state index contributed by atoms with van der Waals surface area (Å²) >= 11 is 0. The molecule has 9 aromatic carbocycles. The Morgan fingerprint density at radius 3 is 1.67 bits per heavy atom. The van der Waals surface area contributed by atoms with Crippen LogP contribution in [0.15, 0.2) is 182 Å². The van der Waals surface area contributed by atoms with Gasteiger partial charge in [0.25, 0.3) is 0 Å². The molecule has 0 fully saturated rings. The molecule has 49 heavy (non-hydrogen) atoms. The van der Waals surface area contributed by atoms with Crippen LogP contribution in [0.25, 0.3) is 93.5 Å². The van der Waals surface area contributed by atoms with E-state index in [1.807, 2.05) is 138 Å². The summed E-state index contributed by atoms with van der Waals surface area (Å²) in [6, 6.07) is 39.7. The fourth-order valence-electron chi connectivity index (χ4n) is 7.37. The van der Waals surface area contributed by atoms with E-state index >= 15 is 0 Å². The maximum absolute atomic E-state index is 9.60. The van der Waals surface area contributed by atoms with Crippen LogP contribution in [0.3, 0.4) is 0 Å². The monoisotopic (exact) mass is 630 g/mol. The molecular formula is C47H30N2. The summed E-state index contributed by atoms with van der Waals surface area (Å²) in [6.45, 7) is 0. The number of aromatic nitrogens is 2. The molecule has 0 radical (unpaired) electrons. The van der Waals surface area contributed by atoms with Gasteiger partial charge in [0, 0.05) is 11.3 Å². The lowest BCUT2D eigenvalue weighted by Gasteiger charge is -2.21. The SMILES string of the molecule is [2H]c1c([2H])c([2H])c2c(-c3cc4ccccc4c4ccccc34)c3c([2H])c([2H])c([2H])c([2H])c3c(-c3ccccc3-c3nc4ccccc4n3-c3ccccc3)c2c1[2H]. The van der Waals surface area contributed by atoms with Gasteiger partial charge in [-0.3, -0.25) is 4.57 Å². The van der Waals surface area contributed by atoms with Gasteiger partial charge in [-0.1, -0.05) is 151 Å². The van der Waals surface area contributed by atoms with Crippen molar-refractivity contribution < 1.29 is 11.0 Å². The molecule has 1 aromatic heterocycles. The number of rotatable bonds is 4. The highest BCUT2D eigenvalue weighted by Crippen LogP contribution is 2.48. The van der Waals surface area contributed by atoms with Crippen LogP contribution in [0.2, 0.25) is 0 Å². The van der Waals surface area contributed by atoms with Gasteiger partial charge in [-0.05, 0) is 95.7 Å². The van der Waals surface area contributed by atoms with Gasteiger partial charge in [-0.2, -0.15) is 0 Å². The summed E-state index contributed by atoms with van der Waals surface area (Å²) in [5.74, 6) is 0.561. The van der Waals surface area contributed by atoms with E-state index in [1.54, 1.807) is 0 Å². The van der Waals surface area contributed by atoms with E-state index in [2.05, 4.69) is 0 Å². The number of fused-ring (bicyclic) bond motifs is 6. The highest BCUT2D eigenvalue weighted by molar-refractivity contribution is 6.26. The first kappa shape index (κ1) is 20.7. The lowest BCUT2D eigenvalue weighted by atomic mass is 9.83. The molecule has 1 heterocycles. The van der Waals surface area contributed by atoms with Crippen molar-refractivity contribution in [3.05, 3.63) is 182 Å². The third kappa shape index (κ3) is 4.24. The van der Waals surface area contributed by atoms with Gasteiger partial charge in [0.2, 0.25) is 0 Å². The second-order valence-electron chi connectivity index (χ2n) is 12.1. The largest absolute Gasteiger partial charge is 0.292 e. The van der Waals surface area contributed by atoms with Crippen LogP contribution in [-0.4, -0.2) is 9.55 Å². The Morgan fingerprint density at radius 2 is 0.959 bits per heavy atom. The highest BCUT2D eigenvalue weighted by atomic mass is 15.1. The minimum atomic E-state index is -0.447. The summed E-state index contributed by atoms with van der Waals surface area (Å²) in [5.41, 5.74) is 4.75. The minimum absolute atomic E-state index is 0.153. The standard InChI is InChI=1S/C47H30N2/c1-2-17-32(18-3-1)49-44-29-15-14-28-43(44)48-47(49)41-27-13-12-26-40(41)45-36-22-8-10-24-38(36)46(39-25-11-9-23-37(39)45)42-30-31-16-4-5-19-33(31)34-20-6-7-21-35(34)42/h1-30H/i8D,9D,10D,11D,22D,23D,24D,25D. The minimum Gasteiger partial charge on any atom is -0.292 e. The first-order valence-electron chi connectivity index (χ1n) is 20.2. The molecule has 2 nitrogen and oxygen atoms in total. The molecule has 0 aliphatic heterocycles. The van der Waals surface area contributed by atoms with Crippen molar-refractivity contribution in [3.8, 4) is 39.3 Å². The summed E-state index contributed by atoms with van der Waals surface area (Å²) in [5, 5.41) is 4.19. The number of imidazole rings is 1. The van der Waals surface area contributed by atoms with E-state index in [0.717, 1.165) is 38.3 Å². The fraction of sp³-hybridized carbons (Fsp3) is 0. The summed E-state index contributed by atoms with van der Waals surface area (Å²) in [7, 11) is 0. The average molecular weight is 631 g/mol. The smallest absolute Gasteiger partial charge is 0.146 e. The van der Waals surface area contributed by atoms with E-state index in [9.17, 15) is 5.48 Å². The second kappa shape index (κ2) is 11.0. The molecule has 10 rings (SSSR count). The van der Waals surface area contributed by atoms with Crippen molar-refractivity contribution in [1.29, 1.82) is 0 Å². The first-order chi connectivity index (χ1) is 27.7. The van der Waals surface area contributed by atoms with Crippen LogP contribution in [0, 0.1) is 0 Å². The van der Waals surface area contributed by atoms with Crippen LogP contribution in [0.1, 0.15) is 11.0 Å². The maximum atomic E-state index is 9.60. The van der Waals surface area contributed by atoms with E-state index in [1.165, 1.54) is 0 Å². The van der Waals surface area contributed by atoms with Crippen molar-refractivity contribution in [2.24, 2.45) is 0 Å². The average Bonchev–Trinajstić information content (AvgIpc) is 3.65. The molecule has 2 heteroatoms. The molecule has 0 spiro atoms. The van der Waals surface area contributed by atoms with Gasteiger partial charge in [0.15, 0.2) is 0 Å². The lowest BCUT2D eigenvalue weighted by molar-refractivity contribution is 1.10. The fourth-order valence-corrected chi connectivity index (χ4v) is 7.37. The van der Waals surface area contributed by atoms with Crippen LogP contribution in [0.4, 0.5) is 0 Å². The quantitative estimate of drug-likeness (QED) is 0.140. The Labute approximate surface area is 295 Å². The van der Waals surface area contributed by atoms with Crippen molar-refractivity contribution in [2.45, 2.75) is 0 Å². The Balaban J connectivity index is 1.47. The van der Waals surface area contributed by atoms with Crippen molar-refractivity contribution >= 4 is 54.1 Å². The molecule has 0 bridgehead atoms. The van der Waals surface area contributed by atoms with E-state index in [-0.39, 0.29) is 51.3 Å². The summed E-state index contributed by atoms with van der Waals surface area (Å²) in [4.78, 5) is 5.14. The number of hydrogen-bond acceptors (Lipinski definition) is 1. The molecule has 0 saturated carbocycles. The number of nitrogens with zero attached hydrogens (tertiary/aromatic N) is 2. The molecule has 0 unspecified atom stereocenters. The third-order valence-corrected chi connectivity index (χ3v) is 9.42. The van der Waals surface area contributed by atoms with Gasteiger partial charge in [0.05, 0.1) is 22.0 Å². The molecule has 228 valence electrons. The van der Waals surface area contributed by atoms with Gasteiger partial charge in [-0.15, -0.1) is 0 Å². The van der Waals surface area contributed by atoms with Crippen LogP contribution in [0.5, 0.6) is 0 Å². The van der Waals surface area contributed by atoms with Gasteiger partial charge in [0.1, 0.15) is 5.82 Å². The van der Waals surface area contributed by atoms with Crippen molar-refractivity contribution in [3.63, 3.8) is 0 Å². The zero-order valence-corrected chi connectivity index (χ0v) is 26.1. The Hall–Kier alpha value is -6.51. The zero-order valence-electron chi connectivity index (χ0n) is 34.1. The molecule has 0 aliphatic carbocycles. The molecular weight excluding hydrogens is 593 g/mol. The van der Waals surface area contributed by atoms with Gasteiger partial charge in [-0.25, -0.2) is 4.98 Å². The Kier molecular flexibility index (Phi) is 4.66. The number of hydrogen-bond donors (Lipinski definition) is 0. The topological polar surface area (TPSA) is 17.8 Å². The van der Waals surface area contributed by atoms with Gasteiger partial charge < -0.3 is 0 Å². The van der Waals surface area contributed by atoms with Crippen molar-refractivity contribution in [2.75, 3.05) is 0 Å².